The van der Waals surface area contributed by atoms with Crippen LogP contribution < -0.4 is 10.1 Å². The molecule has 0 aliphatic carbocycles. The van der Waals surface area contributed by atoms with Crippen molar-refractivity contribution in [2.75, 3.05) is 11.9 Å². The van der Waals surface area contributed by atoms with Crippen LogP contribution in [0.4, 0.5) is 11.5 Å². The van der Waals surface area contributed by atoms with Gasteiger partial charge in [-0.2, -0.15) is 4.98 Å². The predicted octanol–water partition coefficient (Wildman–Crippen LogP) is 4.45. The van der Waals surface area contributed by atoms with Crippen molar-refractivity contribution in [1.82, 2.24) is 9.97 Å². The Hall–Kier alpha value is -3.48. The summed E-state index contributed by atoms with van der Waals surface area (Å²) in [6, 6.07) is 15.4. The normalized spacial score (nSPS) is 10.4. The Kier molecular flexibility index (Phi) is 5.61. The number of hydrogen-bond acceptors (Lipinski definition) is 6. The third kappa shape index (κ3) is 4.58. The van der Waals surface area contributed by atoms with E-state index in [1.807, 2.05) is 56.3 Å². The fraction of sp³-hybridized carbons (Fsp3) is 0.200. The Bertz CT molecular complexity index is 945. The van der Waals surface area contributed by atoms with Crippen LogP contribution in [0.25, 0.3) is 0 Å². The molecule has 27 heavy (non-hydrogen) atoms. The van der Waals surface area contributed by atoms with Gasteiger partial charge in [-0.15, -0.1) is 0 Å². The number of ether oxygens (including phenoxy) is 1. The van der Waals surface area contributed by atoms with Gasteiger partial charge in [0.05, 0.1) is 4.92 Å². The maximum absolute atomic E-state index is 11.6. The molecule has 0 amide bonds. The van der Waals surface area contributed by atoms with Crippen molar-refractivity contribution in [3.63, 3.8) is 0 Å². The Labute approximate surface area is 157 Å². The Balaban J connectivity index is 1.79. The average molecular weight is 364 g/mol. The molecular formula is C20H20N4O3. The first kappa shape index (κ1) is 18.3. The van der Waals surface area contributed by atoms with Gasteiger partial charge in [-0.05, 0) is 49.1 Å². The van der Waals surface area contributed by atoms with Crippen LogP contribution in [-0.4, -0.2) is 21.4 Å². The molecule has 3 rings (SSSR count). The fourth-order valence-corrected chi connectivity index (χ4v) is 2.59. The molecule has 1 N–H and O–H groups in total. The number of benzene rings is 2. The molecule has 0 fully saturated rings. The zero-order chi connectivity index (χ0) is 19.2. The summed E-state index contributed by atoms with van der Waals surface area (Å²) in [5.74, 6) is 0.556. The zero-order valence-electron chi connectivity index (χ0n) is 15.2. The van der Waals surface area contributed by atoms with Gasteiger partial charge in [-0.3, -0.25) is 10.1 Å². The van der Waals surface area contributed by atoms with Crippen LogP contribution in [0.1, 0.15) is 16.7 Å². The molecule has 3 aromatic rings. The smallest absolute Gasteiger partial charge is 0.373 e. The van der Waals surface area contributed by atoms with Gasteiger partial charge in [0.25, 0.3) is 0 Å². The predicted molar refractivity (Wildman–Crippen MR) is 103 cm³/mol. The highest BCUT2D eigenvalue weighted by Gasteiger charge is 2.25. The summed E-state index contributed by atoms with van der Waals surface area (Å²) < 4.78 is 5.68. The number of aryl methyl sites for hydroxylation is 2. The lowest BCUT2D eigenvalue weighted by Gasteiger charge is -2.10. The van der Waals surface area contributed by atoms with E-state index in [9.17, 15) is 10.1 Å². The van der Waals surface area contributed by atoms with Crippen molar-refractivity contribution in [3.8, 4) is 11.6 Å². The van der Waals surface area contributed by atoms with Crippen LogP contribution in [0.2, 0.25) is 0 Å². The van der Waals surface area contributed by atoms with E-state index in [1.165, 1.54) is 6.33 Å². The van der Waals surface area contributed by atoms with Gasteiger partial charge in [0, 0.05) is 6.54 Å². The maximum atomic E-state index is 11.6. The Morgan fingerprint density at radius 1 is 1.07 bits per heavy atom. The lowest BCUT2D eigenvalue weighted by Crippen LogP contribution is -2.10. The summed E-state index contributed by atoms with van der Waals surface area (Å²) in [6.07, 6.45) is 1.98. The number of nitro groups is 1. The number of aromatic nitrogens is 2. The lowest BCUT2D eigenvalue weighted by molar-refractivity contribution is -0.385. The van der Waals surface area contributed by atoms with Crippen LogP contribution in [0.3, 0.4) is 0 Å². The van der Waals surface area contributed by atoms with E-state index in [1.54, 1.807) is 6.07 Å². The van der Waals surface area contributed by atoms with E-state index < -0.39 is 4.92 Å². The molecule has 0 spiro atoms. The summed E-state index contributed by atoms with van der Waals surface area (Å²) in [5, 5.41) is 14.6. The van der Waals surface area contributed by atoms with Crippen LogP contribution in [0.5, 0.6) is 11.6 Å². The first-order chi connectivity index (χ1) is 13.0. The van der Waals surface area contributed by atoms with Crippen molar-refractivity contribution in [2.45, 2.75) is 20.3 Å². The van der Waals surface area contributed by atoms with E-state index in [-0.39, 0.29) is 17.4 Å². The van der Waals surface area contributed by atoms with Gasteiger partial charge in [-0.25, -0.2) is 4.98 Å². The molecule has 0 aliphatic rings. The van der Waals surface area contributed by atoms with Crippen LogP contribution in [0, 0.1) is 24.0 Å². The minimum Gasteiger partial charge on any atom is -0.434 e. The van der Waals surface area contributed by atoms with Crippen molar-refractivity contribution < 1.29 is 9.66 Å². The van der Waals surface area contributed by atoms with Gasteiger partial charge >= 0.3 is 11.6 Å². The van der Waals surface area contributed by atoms with Gasteiger partial charge in [0.15, 0.2) is 0 Å². The molecule has 7 nitrogen and oxygen atoms in total. The lowest BCUT2D eigenvalue weighted by atomic mass is 10.1. The summed E-state index contributed by atoms with van der Waals surface area (Å²) in [5.41, 5.74) is 3.00. The average Bonchev–Trinajstić information content (AvgIpc) is 2.65. The maximum Gasteiger partial charge on any atom is 0.373 e. The third-order valence-electron chi connectivity index (χ3n) is 4.21. The monoisotopic (exact) mass is 364 g/mol. The highest BCUT2D eigenvalue weighted by molar-refractivity contribution is 5.61. The number of anilines is 1. The summed E-state index contributed by atoms with van der Waals surface area (Å²) >= 11 is 0. The van der Waals surface area contributed by atoms with Crippen molar-refractivity contribution >= 4 is 11.5 Å². The van der Waals surface area contributed by atoms with Gasteiger partial charge in [0.2, 0.25) is 5.82 Å². The van der Waals surface area contributed by atoms with Crippen LogP contribution in [-0.2, 0) is 6.42 Å². The number of rotatable bonds is 7. The standard InChI is InChI=1S/C20H20N4O3/c1-14-8-9-17(12-15(14)2)27-20-18(24(25)26)19(22-13-23-20)21-11-10-16-6-4-3-5-7-16/h3-9,12-13H,10-11H2,1-2H3,(H,21,22,23). The minimum atomic E-state index is -0.527. The van der Waals surface area contributed by atoms with Gasteiger partial charge in [0.1, 0.15) is 12.1 Å². The molecule has 2 aromatic carbocycles. The summed E-state index contributed by atoms with van der Waals surface area (Å²) in [6.45, 7) is 4.44. The quantitative estimate of drug-likeness (QED) is 0.492. The Morgan fingerprint density at radius 2 is 1.85 bits per heavy atom. The molecule has 0 radical (unpaired) electrons. The zero-order valence-corrected chi connectivity index (χ0v) is 15.2. The molecular weight excluding hydrogens is 344 g/mol. The van der Waals surface area contributed by atoms with Crippen molar-refractivity contribution in [1.29, 1.82) is 0 Å². The summed E-state index contributed by atoms with van der Waals surface area (Å²) in [7, 11) is 0. The minimum absolute atomic E-state index is 0.0829. The molecule has 1 aromatic heterocycles. The van der Waals surface area contributed by atoms with E-state index in [4.69, 9.17) is 4.74 Å². The molecule has 0 saturated heterocycles. The third-order valence-corrected chi connectivity index (χ3v) is 4.21. The topological polar surface area (TPSA) is 90.2 Å². The van der Waals surface area contributed by atoms with Gasteiger partial charge in [-0.1, -0.05) is 36.4 Å². The second-order valence-electron chi connectivity index (χ2n) is 6.14. The molecule has 0 atom stereocenters. The van der Waals surface area contributed by atoms with Crippen LogP contribution >= 0.6 is 0 Å². The summed E-state index contributed by atoms with van der Waals surface area (Å²) in [4.78, 5) is 19.0. The first-order valence-electron chi connectivity index (χ1n) is 8.57. The van der Waals surface area contributed by atoms with E-state index in [0.717, 1.165) is 23.1 Å². The highest BCUT2D eigenvalue weighted by atomic mass is 16.6. The molecule has 0 bridgehead atoms. The molecule has 0 saturated carbocycles. The van der Waals surface area contributed by atoms with E-state index in [0.29, 0.717) is 12.3 Å². The van der Waals surface area contributed by atoms with Crippen molar-refractivity contribution in [3.05, 3.63) is 81.7 Å². The second kappa shape index (κ2) is 8.27. The highest BCUT2D eigenvalue weighted by Crippen LogP contribution is 2.34. The SMILES string of the molecule is Cc1ccc(Oc2ncnc(NCCc3ccccc3)c2[N+](=O)[O-])cc1C. The number of nitrogens with zero attached hydrogens (tertiary/aromatic N) is 3. The molecule has 138 valence electrons. The largest absolute Gasteiger partial charge is 0.434 e. The molecule has 1 heterocycles. The molecule has 0 aliphatic heterocycles. The molecule has 7 heteroatoms. The van der Waals surface area contributed by atoms with Gasteiger partial charge < -0.3 is 10.1 Å². The first-order valence-corrected chi connectivity index (χ1v) is 8.57. The van der Waals surface area contributed by atoms with Crippen molar-refractivity contribution in [2.24, 2.45) is 0 Å². The Morgan fingerprint density at radius 3 is 2.56 bits per heavy atom. The fourth-order valence-electron chi connectivity index (χ4n) is 2.59. The number of hydrogen-bond donors (Lipinski definition) is 1. The second-order valence-corrected chi connectivity index (χ2v) is 6.14. The number of nitrogens with one attached hydrogen (secondary N) is 1. The van der Waals surface area contributed by atoms with E-state index >= 15 is 0 Å². The van der Waals surface area contributed by atoms with E-state index in [2.05, 4.69) is 15.3 Å². The van der Waals surface area contributed by atoms with Crippen LogP contribution in [0.15, 0.2) is 54.9 Å². The molecule has 0 unspecified atom stereocenters.